The number of nitrogens with one attached hydrogen (secondary N) is 4. The van der Waals surface area contributed by atoms with Crippen molar-refractivity contribution in [1.29, 1.82) is 0 Å². The van der Waals surface area contributed by atoms with E-state index in [4.69, 9.17) is 34.2 Å². The molecule has 0 aliphatic heterocycles. The van der Waals surface area contributed by atoms with Gasteiger partial charge in [0.15, 0.2) is 0 Å². The molecule has 15 nitrogen and oxygen atoms in total. The molecule has 1 saturated carbocycles. The zero-order chi connectivity index (χ0) is 31.7. The van der Waals surface area contributed by atoms with Crippen molar-refractivity contribution in [3.05, 3.63) is 0 Å². The highest BCUT2D eigenvalue weighted by Crippen LogP contribution is 2.52. The minimum absolute atomic E-state index is 0.200. The highest BCUT2D eigenvalue weighted by molar-refractivity contribution is 5.88. The van der Waals surface area contributed by atoms with E-state index in [2.05, 4.69) is 33.1 Å². The first-order valence-corrected chi connectivity index (χ1v) is 15.3. The number of amides is 4. The highest BCUT2D eigenvalue weighted by Gasteiger charge is 2.49. The van der Waals surface area contributed by atoms with Crippen molar-refractivity contribution in [2.75, 3.05) is 105 Å². The number of carbonyl (C=O) groups is 4. The minimum atomic E-state index is -0.485. The topological polar surface area (TPSA) is 198 Å². The molecule has 2 rings (SSSR count). The van der Waals surface area contributed by atoms with Crippen LogP contribution in [0, 0.1) is 29.6 Å². The van der Waals surface area contributed by atoms with Gasteiger partial charge in [-0.3, -0.25) is 14.4 Å². The van der Waals surface area contributed by atoms with Gasteiger partial charge in [-0.2, -0.15) is 0 Å². The second-order valence-corrected chi connectivity index (χ2v) is 10.1. The van der Waals surface area contributed by atoms with E-state index in [-0.39, 0.29) is 32.1 Å². The fourth-order valence-corrected chi connectivity index (χ4v) is 4.53. The Morgan fingerprint density at radius 1 is 0.591 bits per heavy atom. The minimum Gasteiger partial charge on any atom is -0.449 e. The molecule has 0 saturated heterocycles. The van der Waals surface area contributed by atoms with E-state index in [0.717, 1.165) is 25.7 Å². The summed E-state index contributed by atoms with van der Waals surface area (Å²) in [6.45, 7) is 4.52. The lowest BCUT2D eigenvalue weighted by atomic mass is 10.1. The molecule has 250 valence electrons. The molecule has 2 aliphatic carbocycles. The summed E-state index contributed by atoms with van der Waals surface area (Å²) in [7, 11) is 0. The van der Waals surface area contributed by atoms with Gasteiger partial charge in [-0.05, 0) is 30.6 Å². The molecule has 4 amide bonds. The van der Waals surface area contributed by atoms with E-state index in [9.17, 15) is 19.2 Å². The third-order valence-electron chi connectivity index (χ3n) is 6.90. The number of nitrogens with two attached hydrogens (primary N) is 1. The summed E-state index contributed by atoms with van der Waals surface area (Å²) < 4.78 is 32.5. The Hall–Kier alpha value is -3.00. The number of alkyl carbamates (subject to hydrolysis) is 1. The molecule has 0 aromatic rings. The van der Waals surface area contributed by atoms with Crippen LogP contribution in [0.25, 0.3) is 0 Å². The van der Waals surface area contributed by atoms with E-state index < -0.39 is 17.9 Å². The van der Waals surface area contributed by atoms with Gasteiger partial charge < -0.3 is 55.4 Å². The Bertz CT molecular complexity index is 895. The maximum Gasteiger partial charge on any atom is 0.407 e. The fourth-order valence-electron chi connectivity index (χ4n) is 4.53. The van der Waals surface area contributed by atoms with Crippen molar-refractivity contribution in [3.63, 3.8) is 0 Å². The van der Waals surface area contributed by atoms with E-state index in [1.807, 2.05) is 0 Å². The summed E-state index contributed by atoms with van der Waals surface area (Å²) in [6.07, 6.45) is 3.73. The first-order valence-electron chi connectivity index (χ1n) is 15.3. The number of fused-ring (bicyclic) bond motifs is 1. The monoisotopic (exact) mass is 627 g/mol. The second-order valence-electron chi connectivity index (χ2n) is 10.1. The number of carbonyl (C=O) groups excluding carboxylic acids is 4. The van der Waals surface area contributed by atoms with E-state index in [1.165, 1.54) is 0 Å². The maximum absolute atomic E-state index is 11.9. The normalized spacial score (nSPS) is 18.4. The third kappa shape index (κ3) is 18.6. The summed E-state index contributed by atoms with van der Waals surface area (Å²) in [5.41, 5.74) is 5.11. The summed E-state index contributed by atoms with van der Waals surface area (Å²) in [6, 6.07) is 0. The molecule has 0 bridgehead atoms. The quantitative estimate of drug-likeness (QED) is 0.0586. The summed E-state index contributed by atoms with van der Waals surface area (Å²) in [5.74, 6) is 6.87. The first-order chi connectivity index (χ1) is 21.5. The molecule has 3 atom stereocenters. The second kappa shape index (κ2) is 24.3. The summed E-state index contributed by atoms with van der Waals surface area (Å²) in [5, 5.41) is 10.00. The number of ether oxygens (including phenoxy) is 6. The Labute approximate surface area is 259 Å². The molecule has 44 heavy (non-hydrogen) atoms. The van der Waals surface area contributed by atoms with Crippen LogP contribution in [0.4, 0.5) is 4.79 Å². The van der Waals surface area contributed by atoms with Crippen LogP contribution < -0.4 is 27.0 Å². The van der Waals surface area contributed by atoms with Crippen LogP contribution >= 0.6 is 0 Å². The molecule has 0 radical (unpaired) electrons. The third-order valence-corrected chi connectivity index (χ3v) is 6.90. The van der Waals surface area contributed by atoms with Crippen LogP contribution in [0.15, 0.2) is 0 Å². The lowest BCUT2D eigenvalue weighted by molar-refractivity contribution is -0.127. The zero-order valence-corrected chi connectivity index (χ0v) is 25.5. The Morgan fingerprint density at radius 2 is 1.02 bits per heavy atom. The zero-order valence-electron chi connectivity index (χ0n) is 25.5. The van der Waals surface area contributed by atoms with Crippen LogP contribution in [-0.2, 0) is 42.8 Å². The predicted molar refractivity (Wildman–Crippen MR) is 158 cm³/mol. The van der Waals surface area contributed by atoms with Gasteiger partial charge in [0.05, 0.1) is 92.3 Å². The van der Waals surface area contributed by atoms with Crippen LogP contribution in [0.1, 0.15) is 25.7 Å². The van der Waals surface area contributed by atoms with Crippen LogP contribution in [0.2, 0.25) is 0 Å². The molecule has 0 spiro atoms. The van der Waals surface area contributed by atoms with Gasteiger partial charge in [-0.25, -0.2) is 4.79 Å². The Morgan fingerprint density at radius 3 is 1.52 bits per heavy atom. The number of hydrogen-bond acceptors (Lipinski definition) is 11. The van der Waals surface area contributed by atoms with Gasteiger partial charge in [-0.1, -0.05) is 0 Å². The van der Waals surface area contributed by atoms with E-state index in [1.54, 1.807) is 0 Å². The Balaban J connectivity index is 1.23. The van der Waals surface area contributed by atoms with Gasteiger partial charge in [0, 0.05) is 25.9 Å². The SMILES string of the molecule is NCC(=O)NCC(=O)NCC(=O)NCCOCCOCCOCCOCCOCCNC(=O)OCC1[C@H]2CCC#CCC[C@@H]12. The van der Waals surface area contributed by atoms with Gasteiger partial charge in [0.1, 0.15) is 0 Å². The molecule has 1 fully saturated rings. The molecule has 6 N–H and O–H groups in total. The highest BCUT2D eigenvalue weighted by atomic mass is 16.6. The summed E-state index contributed by atoms with van der Waals surface area (Å²) >= 11 is 0. The molecule has 15 heteroatoms. The molecular weight excluding hydrogens is 578 g/mol. The van der Waals surface area contributed by atoms with Crippen molar-refractivity contribution in [3.8, 4) is 11.8 Å². The number of rotatable bonds is 25. The largest absolute Gasteiger partial charge is 0.449 e. The van der Waals surface area contributed by atoms with Gasteiger partial charge in [-0.15, -0.1) is 11.8 Å². The molecule has 0 aromatic heterocycles. The van der Waals surface area contributed by atoms with Crippen LogP contribution in [0.5, 0.6) is 0 Å². The summed E-state index contributed by atoms with van der Waals surface area (Å²) in [4.78, 5) is 46.0. The van der Waals surface area contributed by atoms with Crippen LogP contribution in [-0.4, -0.2) is 129 Å². The average Bonchev–Trinajstić information content (AvgIpc) is 3.67. The van der Waals surface area contributed by atoms with Crippen molar-refractivity contribution in [1.82, 2.24) is 21.3 Å². The van der Waals surface area contributed by atoms with Gasteiger partial charge >= 0.3 is 6.09 Å². The van der Waals surface area contributed by atoms with E-state index in [0.29, 0.717) is 97.0 Å². The van der Waals surface area contributed by atoms with Crippen molar-refractivity contribution >= 4 is 23.8 Å². The smallest absolute Gasteiger partial charge is 0.407 e. The predicted octanol–water partition coefficient (Wildman–Crippen LogP) is -1.46. The average molecular weight is 628 g/mol. The lowest BCUT2D eigenvalue weighted by Gasteiger charge is -2.09. The fraction of sp³-hybridized carbons (Fsp3) is 0.793. The molecule has 1 unspecified atom stereocenters. The van der Waals surface area contributed by atoms with E-state index >= 15 is 0 Å². The van der Waals surface area contributed by atoms with Gasteiger partial charge in [0.2, 0.25) is 17.7 Å². The van der Waals surface area contributed by atoms with Crippen molar-refractivity contribution in [2.24, 2.45) is 23.5 Å². The lowest BCUT2D eigenvalue weighted by Crippen LogP contribution is -2.43. The maximum atomic E-state index is 11.9. The standard InChI is InChI=1S/C29H49N5O10/c30-19-26(35)33-21-28(37)34-20-27(36)31-7-9-39-11-13-41-15-17-43-18-16-42-14-12-40-10-8-32-29(38)44-22-25-23-5-3-1-2-4-6-24(23)25/h23-25H,3-22,30H2,(H,31,36)(H,32,38)(H,33,35)(H,34,37)/t23-,24+,25?. The first kappa shape index (κ1) is 37.2. The van der Waals surface area contributed by atoms with Crippen molar-refractivity contribution in [2.45, 2.75) is 25.7 Å². The Kier molecular flexibility index (Phi) is 20.6. The molecule has 0 aromatic carbocycles. The van der Waals surface area contributed by atoms with Crippen LogP contribution in [0.3, 0.4) is 0 Å². The van der Waals surface area contributed by atoms with Crippen molar-refractivity contribution < 1.29 is 47.6 Å². The van der Waals surface area contributed by atoms with Gasteiger partial charge in [0.25, 0.3) is 0 Å². The molecule has 2 aliphatic rings. The number of hydrogen-bond donors (Lipinski definition) is 5. The molecular formula is C29H49N5O10. The molecule has 0 heterocycles.